The minimum absolute atomic E-state index is 0.200. The van der Waals surface area contributed by atoms with E-state index in [2.05, 4.69) is 19.8 Å². The number of rotatable bonds is 4. The van der Waals surface area contributed by atoms with Crippen LogP contribution in [0.5, 0.6) is 0 Å². The van der Waals surface area contributed by atoms with E-state index in [0.29, 0.717) is 40.9 Å². The second-order valence-corrected chi connectivity index (χ2v) is 6.25. The number of morpholine rings is 1. The second kappa shape index (κ2) is 7.25. The first kappa shape index (κ1) is 16.2. The molecule has 0 saturated carbocycles. The van der Waals surface area contributed by atoms with E-state index in [0.717, 1.165) is 30.3 Å². The van der Waals surface area contributed by atoms with E-state index >= 15 is 0 Å². The lowest BCUT2D eigenvalue weighted by Gasteiger charge is -2.31. The summed E-state index contributed by atoms with van der Waals surface area (Å²) in [4.78, 5) is 15.2. The highest BCUT2D eigenvalue weighted by molar-refractivity contribution is 7.08. The maximum absolute atomic E-state index is 12.5. The number of nitrogens with one attached hydrogen (secondary N) is 1. The van der Waals surface area contributed by atoms with Crippen molar-refractivity contribution < 1.29 is 9.53 Å². The number of hydrogen-bond donors (Lipinski definition) is 1. The van der Waals surface area contributed by atoms with Gasteiger partial charge < -0.3 is 15.0 Å². The number of hydrogen-bond acceptors (Lipinski definition) is 6. The Hall–Kier alpha value is -1.70. The van der Waals surface area contributed by atoms with Crippen molar-refractivity contribution in [3.63, 3.8) is 0 Å². The SMILES string of the molecule is CCc1nnsc1C(=O)Nc1cccc(Cl)c1N1CCOCC1. The van der Waals surface area contributed by atoms with Crippen LogP contribution in [0.4, 0.5) is 11.4 Å². The number of carbonyl (C=O) groups is 1. The molecule has 8 heteroatoms. The van der Waals surface area contributed by atoms with E-state index in [4.69, 9.17) is 16.3 Å². The molecule has 3 rings (SSSR count). The minimum Gasteiger partial charge on any atom is -0.378 e. The summed E-state index contributed by atoms with van der Waals surface area (Å²) in [7, 11) is 0. The molecule has 122 valence electrons. The number of halogens is 1. The highest BCUT2D eigenvalue weighted by atomic mass is 35.5. The minimum atomic E-state index is -0.200. The molecule has 1 fully saturated rings. The molecular weight excluding hydrogens is 336 g/mol. The summed E-state index contributed by atoms with van der Waals surface area (Å²) in [5, 5.41) is 7.55. The topological polar surface area (TPSA) is 67.4 Å². The van der Waals surface area contributed by atoms with Gasteiger partial charge in [0.15, 0.2) is 0 Å². The van der Waals surface area contributed by atoms with Crippen molar-refractivity contribution in [3.8, 4) is 0 Å². The molecule has 1 aliphatic rings. The Morgan fingerprint density at radius 1 is 1.43 bits per heavy atom. The Labute approximate surface area is 143 Å². The summed E-state index contributed by atoms with van der Waals surface area (Å²) >= 11 is 7.48. The maximum atomic E-state index is 12.5. The monoisotopic (exact) mass is 352 g/mol. The maximum Gasteiger partial charge on any atom is 0.269 e. The number of aromatic nitrogens is 2. The molecule has 1 aromatic carbocycles. The third-order valence-electron chi connectivity index (χ3n) is 3.66. The predicted molar refractivity (Wildman–Crippen MR) is 91.7 cm³/mol. The molecule has 0 unspecified atom stereocenters. The third kappa shape index (κ3) is 3.46. The summed E-state index contributed by atoms with van der Waals surface area (Å²) in [6, 6.07) is 5.51. The molecule has 1 aliphatic heterocycles. The first-order valence-corrected chi connectivity index (χ1v) is 8.59. The van der Waals surface area contributed by atoms with E-state index in [1.165, 1.54) is 0 Å². The van der Waals surface area contributed by atoms with Gasteiger partial charge in [0, 0.05) is 13.1 Å². The lowest BCUT2D eigenvalue weighted by Crippen LogP contribution is -2.37. The normalized spacial score (nSPS) is 14.8. The van der Waals surface area contributed by atoms with Crippen LogP contribution >= 0.6 is 23.1 Å². The van der Waals surface area contributed by atoms with Crippen molar-refractivity contribution in [1.29, 1.82) is 0 Å². The molecule has 2 heterocycles. The van der Waals surface area contributed by atoms with Crippen LogP contribution in [0.3, 0.4) is 0 Å². The lowest BCUT2D eigenvalue weighted by molar-refractivity contribution is 0.102. The number of aryl methyl sites for hydroxylation is 1. The van der Waals surface area contributed by atoms with Gasteiger partial charge in [-0.25, -0.2) is 0 Å². The Bertz CT molecular complexity index is 701. The van der Waals surface area contributed by atoms with Crippen LogP contribution in [0.2, 0.25) is 5.02 Å². The highest BCUT2D eigenvalue weighted by Crippen LogP contribution is 2.34. The van der Waals surface area contributed by atoms with Crippen molar-refractivity contribution in [3.05, 3.63) is 33.8 Å². The highest BCUT2D eigenvalue weighted by Gasteiger charge is 2.21. The van der Waals surface area contributed by atoms with Gasteiger partial charge in [-0.3, -0.25) is 4.79 Å². The van der Waals surface area contributed by atoms with Crippen LogP contribution in [0.15, 0.2) is 18.2 Å². The third-order valence-corrected chi connectivity index (χ3v) is 4.73. The largest absolute Gasteiger partial charge is 0.378 e. The molecule has 0 bridgehead atoms. The molecule has 1 amide bonds. The molecule has 0 spiro atoms. The van der Waals surface area contributed by atoms with Gasteiger partial charge in [-0.05, 0) is 30.1 Å². The van der Waals surface area contributed by atoms with Crippen LogP contribution in [0, 0.1) is 0 Å². The Morgan fingerprint density at radius 2 is 2.22 bits per heavy atom. The summed E-state index contributed by atoms with van der Waals surface area (Å²) < 4.78 is 9.25. The van der Waals surface area contributed by atoms with Gasteiger partial charge in [0.05, 0.1) is 35.3 Å². The number of ether oxygens (including phenoxy) is 1. The quantitative estimate of drug-likeness (QED) is 0.916. The van der Waals surface area contributed by atoms with Crippen LogP contribution in [-0.2, 0) is 11.2 Å². The second-order valence-electron chi connectivity index (χ2n) is 5.09. The zero-order valence-electron chi connectivity index (χ0n) is 12.7. The summed E-state index contributed by atoms with van der Waals surface area (Å²) in [5.41, 5.74) is 2.24. The van der Waals surface area contributed by atoms with Gasteiger partial charge in [0.2, 0.25) is 0 Å². The Morgan fingerprint density at radius 3 is 2.96 bits per heavy atom. The average molecular weight is 353 g/mol. The first-order valence-electron chi connectivity index (χ1n) is 7.44. The van der Waals surface area contributed by atoms with Crippen LogP contribution in [0.1, 0.15) is 22.3 Å². The van der Waals surface area contributed by atoms with Gasteiger partial charge in [0.25, 0.3) is 5.91 Å². The number of carbonyl (C=O) groups excluding carboxylic acids is 1. The van der Waals surface area contributed by atoms with Gasteiger partial charge >= 0.3 is 0 Å². The standard InChI is InChI=1S/C15H17ClN4O2S/c1-2-11-14(23-19-18-11)15(21)17-12-5-3-4-10(16)13(12)20-6-8-22-9-7-20/h3-5H,2,6-9H2,1H3,(H,17,21). The van der Waals surface area contributed by atoms with E-state index in [9.17, 15) is 4.79 Å². The fraction of sp³-hybridized carbons (Fsp3) is 0.400. The number of benzene rings is 1. The van der Waals surface area contributed by atoms with Gasteiger partial charge in [-0.1, -0.05) is 29.1 Å². The Balaban J connectivity index is 1.88. The van der Waals surface area contributed by atoms with Crippen molar-refractivity contribution >= 4 is 40.4 Å². The molecule has 2 aromatic rings. The van der Waals surface area contributed by atoms with E-state index in [1.54, 1.807) is 0 Å². The molecule has 1 aromatic heterocycles. The molecule has 0 aliphatic carbocycles. The van der Waals surface area contributed by atoms with Crippen LogP contribution < -0.4 is 10.2 Å². The number of para-hydroxylation sites is 1. The van der Waals surface area contributed by atoms with E-state index in [-0.39, 0.29) is 5.91 Å². The van der Waals surface area contributed by atoms with Crippen LogP contribution in [-0.4, -0.2) is 41.8 Å². The molecule has 0 radical (unpaired) electrons. The van der Waals surface area contributed by atoms with Gasteiger partial charge in [-0.2, -0.15) is 0 Å². The molecule has 23 heavy (non-hydrogen) atoms. The van der Waals surface area contributed by atoms with E-state index < -0.39 is 0 Å². The van der Waals surface area contributed by atoms with Crippen molar-refractivity contribution in [1.82, 2.24) is 9.59 Å². The first-order chi connectivity index (χ1) is 11.2. The summed E-state index contributed by atoms with van der Waals surface area (Å²) in [6.45, 7) is 4.74. The molecule has 1 N–H and O–H groups in total. The van der Waals surface area contributed by atoms with Crippen LogP contribution in [0.25, 0.3) is 0 Å². The number of amides is 1. The van der Waals surface area contributed by atoms with Crippen molar-refractivity contribution in [2.75, 3.05) is 36.5 Å². The van der Waals surface area contributed by atoms with Gasteiger partial charge in [0.1, 0.15) is 4.88 Å². The number of anilines is 2. The van der Waals surface area contributed by atoms with Crippen molar-refractivity contribution in [2.24, 2.45) is 0 Å². The molecule has 1 saturated heterocycles. The van der Waals surface area contributed by atoms with Crippen molar-refractivity contribution in [2.45, 2.75) is 13.3 Å². The number of nitrogens with zero attached hydrogens (tertiary/aromatic N) is 3. The molecule has 0 atom stereocenters. The zero-order chi connectivity index (χ0) is 16.2. The lowest BCUT2D eigenvalue weighted by atomic mass is 10.2. The predicted octanol–water partition coefficient (Wildman–Crippen LogP) is 2.84. The smallest absolute Gasteiger partial charge is 0.269 e. The summed E-state index contributed by atoms with van der Waals surface area (Å²) in [5.74, 6) is -0.200. The molecular formula is C15H17ClN4O2S. The Kier molecular flexibility index (Phi) is 5.09. The van der Waals surface area contributed by atoms with E-state index in [1.807, 2.05) is 25.1 Å². The fourth-order valence-corrected chi connectivity index (χ4v) is 3.46. The summed E-state index contributed by atoms with van der Waals surface area (Å²) in [6.07, 6.45) is 0.672. The van der Waals surface area contributed by atoms with Gasteiger partial charge in [-0.15, -0.1) is 5.10 Å². The zero-order valence-corrected chi connectivity index (χ0v) is 14.3. The fourth-order valence-electron chi connectivity index (χ4n) is 2.52. The average Bonchev–Trinajstić information content (AvgIpc) is 3.04. The molecule has 6 nitrogen and oxygen atoms in total.